The van der Waals surface area contributed by atoms with Crippen LogP contribution < -0.4 is 0 Å². The van der Waals surface area contributed by atoms with Gasteiger partial charge in [-0.15, -0.1) is 0 Å². The van der Waals surface area contributed by atoms with Crippen LogP contribution in [0.15, 0.2) is 23.1 Å². The minimum Gasteiger partial charge on any atom is -0.465 e. The fraction of sp³-hybridized carbons (Fsp3) is 0.562. The van der Waals surface area contributed by atoms with Gasteiger partial charge in [0.15, 0.2) is 0 Å². The molecule has 0 aliphatic heterocycles. The van der Waals surface area contributed by atoms with Crippen molar-refractivity contribution in [1.82, 2.24) is 4.31 Å². The topological polar surface area (TPSA) is 72.9 Å². The summed E-state index contributed by atoms with van der Waals surface area (Å²) in [7, 11) is -1.03. The van der Waals surface area contributed by atoms with Gasteiger partial charge in [-0.2, -0.15) is 4.31 Å². The summed E-state index contributed by atoms with van der Waals surface area (Å²) in [6.45, 7) is 4.39. The van der Waals surface area contributed by atoms with Gasteiger partial charge in [0.05, 0.1) is 24.3 Å². The second-order valence-corrected chi connectivity index (χ2v) is 7.48. The van der Waals surface area contributed by atoms with E-state index in [0.717, 1.165) is 0 Å². The number of rotatable bonds is 9. The molecule has 6 nitrogen and oxygen atoms in total. The summed E-state index contributed by atoms with van der Waals surface area (Å²) < 4.78 is 37.1. The number of methoxy groups -OCH3 is 2. The summed E-state index contributed by atoms with van der Waals surface area (Å²) in [5, 5.41) is -0.00808. The van der Waals surface area contributed by atoms with Crippen LogP contribution in [0.1, 0.15) is 37.0 Å². The van der Waals surface area contributed by atoms with E-state index in [-0.39, 0.29) is 34.7 Å². The predicted molar refractivity (Wildman–Crippen MR) is 92.9 cm³/mol. The Bertz CT molecular complexity index is 658. The highest BCUT2D eigenvalue weighted by Gasteiger charge is 2.31. The molecule has 0 spiro atoms. The highest BCUT2D eigenvalue weighted by Crippen LogP contribution is 2.28. The lowest BCUT2D eigenvalue weighted by Crippen LogP contribution is -2.41. The van der Waals surface area contributed by atoms with Gasteiger partial charge < -0.3 is 9.47 Å². The molecule has 0 radical (unpaired) electrons. The van der Waals surface area contributed by atoms with E-state index in [9.17, 15) is 13.2 Å². The van der Waals surface area contributed by atoms with Crippen LogP contribution in [-0.2, 0) is 19.5 Å². The fourth-order valence-electron chi connectivity index (χ4n) is 2.46. The molecule has 0 unspecified atom stereocenters. The van der Waals surface area contributed by atoms with Crippen molar-refractivity contribution in [3.05, 3.63) is 28.8 Å². The Hall–Kier alpha value is -1.15. The first-order chi connectivity index (χ1) is 11.3. The molecular weight excluding hydrogens is 354 g/mol. The number of nitrogens with zero attached hydrogens (tertiary/aromatic N) is 1. The summed E-state index contributed by atoms with van der Waals surface area (Å²) in [5.74, 6) is -0.572. The third kappa shape index (κ3) is 4.69. The van der Waals surface area contributed by atoms with Crippen LogP contribution >= 0.6 is 11.6 Å². The molecule has 0 fully saturated rings. The molecule has 0 aliphatic carbocycles. The SMILES string of the molecule is CCC(CC)N(CCOC)S(=O)(=O)c1ccc(C(=O)OC)cc1Cl. The zero-order valence-corrected chi connectivity index (χ0v) is 16.0. The average molecular weight is 378 g/mol. The first-order valence-electron chi connectivity index (χ1n) is 7.72. The molecule has 24 heavy (non-hydrogen) atoms. The molecule has 1 rings (SSSR count). The molecule has 0 aliphatic rings. The molecule has 0 saturated carbocycles. The van der Waals surface area contributed by atoms with Gasteiger partial charge in [-0.3, -0.25) is 0 Å². The molecule has 0 heterocycles. The van der Waals surface area contributed by atoms with Gasteiger partial charge in [0, 0.05) is 19.7 Å². The van der Waals surface area contributed by atoms with Crippen LogP contribution in [0.5, 0.6) is 0 Å². The van der Waals surface area contributed by atoms with Crippen LogP contribution in [-0.4, -0.2) is 52.1 Å². The Labute approximate surface area is 148 Å². The smallest absolute Gasteiger partial charge is 0.337 e. The van der Waals surface area contributed by atoms with Crippen LogP contribution in [0.3, 0.4) is 0 Å². The van der Waals surface area contributed by atoms with E-state index >= 15 is 0 Å². The minimum atomic E-state index is -3.81. The lowest BCUT2D eigenvalue weighted by molar-refractivity contribution is 0.0600. The lowest BCUT2D eigenvalue weighted by Gasteiger charge is -2.29. The van der Waals surface area contributed by atoms with Crippen molar-refractivity contribution in [1.29, 1.82) is 0 Å². The van der Waals surface area contributed by atoms with Crippen LogP contribution in [0.2, 0.25) is 5.02 Å². The first kappa shape index (κ1) is 20.9. The summed E-state index contributed by atoms with van der Waals surface area (Å²) in [4.78, 5) is 11.5. The molecule has 0 atom stereocenters. The maximum atomic E-state index is 13.0. The van der Waals surface area contributed by atoms with E-state index in [4.69, 9.17) is 16.3 Å². The molecule has 136 valence electrons. The van der Waals surface area contributed by atoms with Crippen molar-refractivity contribution in [3.63, 3.8) is 0 Å². The van der Waals surface area contributed by atoms with E-state index in [2.05, 4.69) is 4.74 Å². The Morgan fingerprint density at radius 3 is 2.33 bits per heavy atom. The van der Waals surface area contributed by atoms with E-state index in [1.807, 2.05) is 13.8 Å². The third-order valence-electron chi connectivity index (χ3n) is 3.81. The van der Waals surface area contributed by atoms with Gasteiger partial charge >= 0.3 is 5.97 Å². The monoisotopic (exact) mass is 377 g/mol. The summed E-state index contributed by atoms with van der Waals surface area (Å²) in [6.07, 6.45) is 1.36. The van der Waals surface area contributed by atoms with Crippen LogP contribution in [0, 0.1) is 0 Å². The second-order valence-electron chi connectivity index (χ2n) is 5.22. The number of carbonyl (C=O) groups excluding carboxylic acids is 1. The van der Waals surface area contributed by atoms with Gasteiger partial charge in [0.25, 0.3) is 0 Å². The molecule has 1 aromatic carbocycles. The number of benzene rings is 1. The Balaban J connectivity index is 3.30. The van der Waals surface area contributed by atoms with Crippen LogP contribution in [0.25, 0.3) is 0 Å². The largest absolute Gasteiger partial charge is 0.465 e. The van der Waals surface area contributed by atoms with Crippen molar-refractivity contribution >= 4 is 27.6 Å². The summed E-state index contributed by atoms with van der Waals surface area (Å²) in [5.41, 5.74) is 0.201. The molecule has 8 heteroatoms. The number of sulfonamides is 1. The Kier molecular flexibility index (Phi) is 8.15. The highest BCUT2D eigenvalue weighted by atomic mass is 35.5. The number of carbonyl (C=O) groups is 1. The van der Waals surface area contributed by atoms with E-state index in [1.165, 1.54) is 36.7 Å². The number of hydrogen-bond acceptors (Lipinski definition) is 5. The second kappa shape index (κ2) is 9.36. The molecule has 0 saturated heterocycles. The third-order valence-corrected chi connectivity index (χ3v) is 6.24. The quantitative estimate of drug-likeness (QED) is 0.618. The van der Waals surface area contributed by atoms with Gasteiger partial charge in [0.1, 0.15) is 4.90 Å². The average Bonchev–Trinajstić information content (AvgIpc) is 2.57. The predicted octanol–water partition coefficient (Wildman–Crippen LogP) is 2.95. The number of ether oxygens (including phenoxy) is 2. The maximum Gasteiger partial charge on any atom is 0.337 e. The zero-order valence-electron chi connectivity index (χ0n) is 14.4. The van der Waals surface area contributed by atoms with Crippen molar-refractivity contribution in [2.24, 2.45) is 0 Å². The standard InChI is InChI=1S/C16H24ClNO5S/c1-5-13(6-2)18(9-10-22-3)24(20,21)15-8-7-12(11-14(15)17)16(19)23-4/h7-8,11,13H,5-6,9-10H2,1-4H3. The van der Waals surface area contributed by atoms with Gasteiger partial charge in [0.2, 0.25) is 10.0 Å². The molecule has 0 amide bonds. The number of hydrogen-bond donors (Lipinski definition) is 0. The lowest BCUT2D eigenvalue weighted by atomic mass is 10.2. The number of halogens is 1. The molecule has 1 aromatic rings. The maximum absolute atomic E-state index is 13.0. The van der Waals surface area contributed by atoms with Gasteiger partial charge in [-0.25, -0.2) is 13.2 Å². The van der Waals surface area contributed by atoms with E-state index in [0.29, 0.717) is 12.8 Å². The van der Waals surface area contributed by atoms with Crippen molar-refractivity contribution in [3.8, 4) is 0 Å². The molecule has 0 N–H and O–H groups in total. The van der Waals surface area contributed by atoms with Crippen molar-refractivity contribution in [2.45, 2.75) is 37.6 Å². The number of esters is 1. The van der Waals surface area contributed by atoms with Crippen molar-refractivity contribution in [2.75, 3.05) is 27.4 Å². The fourth-order valence-corrected chi connectivity index (χ4v) is 4.73. The summed E-state index contributed by atoms with van der Waals surface area (Å²) >= 11 is 6.14. The first-order valence-corrected chi connectivity index (χ1v) is 9.53. The highest BCUT2D eigenvalue weighted by molar-refractivity contribution is 7.89. The van der Waals surface area contributed by atoms with Crippen LogP contribution in [0.4, 0.5) is 0 Å². The Morgan fingerprint density at radius 1 is 1.25 bits per heavy atom. The molecular formula is C16H24ClNO5S. The van der Waals surface area contributed by atoms with Crippen molar-refractivity contribution < 1.29 is 22.7 Å². The van der Waals surface area contributed by atoms with E-state index < -0.39 is 16.0 Å². The van der Waals surface area contributed by atoms with Gasteiger partial charge in [-0.05, 0) is 31.0 Å². The van der Waals surface area contributed by atoms with Gasteiger partial charge in [-0.1, -0.05) is 25.4 Å². The zero-order chi connectivity index (χ0) is 18.3. The summed E-state index contributed by atoms with van der Waals surface area (Å²) in [6, 6.07) is 3.89. The Morgan fingerprint density at radius 2 is 1.88 bits per heavy atom. The molecule has 0 bridgehead atoms. The van der Waals surface area contributed by atoms with E-state index in [1.54, 1.807) is 0 Å². The minimum absolute atomic E-state index is 0.00808. The molecule has 0 aromatic heterocycles. The normalized spacial score (nSPS) is 12.0.